The Hall–Kier alpha value is -1.70. The van der Waals surface area contributed by atoms with Crippen LogP contribution < -0.4 is 10.6 Å². The van der Waals surface area contributed by atoms with Gasteiger partial charge < -0.3 is 20.3 Å². The van der Waals surface area contributed by atoms with E-state index in [4.69, 9.17) is 4.74 Å². The zero-order valence-corrected chi connectivity index (χ0v) is 16.9. The molecule has 0 saturated carbocycles. The van der Waals surface area contributed by atoms with Crippen molar-refractivity contribution in [3.05, 3.63) is 35.6 Å². The van der Waals surface area contributed by atoms with Crippen molar-refractivity contribution in [2.75, 3.05) is 66.1 Å². The Morgan fingerprint density at radius 3 is 2.44 bits per heavy atom. The molecule has 1 aromatic rings. The second-order valence-electron chi connectivity index (χ2n) is 6.62. The van der Waals surface area contributed by atoms with Gasteiger partial charge in [0.25, 0.3) is 0 Å². The first-order valence-corrected chi connectivity index (χ1v) is 9.92. The lowest BCUT2D eigenvalue weighted by Gasteiger charge is -2.35. The van der Waals surface area contributed by atoms with Crippen LogP contribution in [0.3, 0.4) is 0 Å². The second-order valence-corrected chi connectivity index (χ2v) is 6.62. The summed E-state index contributed by atoms with van der Waals surface area (Å²) in [5.74, 6) is 0.587. The third-order valence-electron chi connectivity index (χ3n) is 5.04. The lowest BCUT2D eigenvalue weighted by atomic mass is 10.0. The Balaban J connectivity index is 1.94. The Bertz CT molecular complexity index is 556. The minimum absolute atomic E-state index is 0.149. The van der Waals surface area contributed by atoms with Crippen LogP contribution in [0.15, 0.2) is 29.3 Å². The van der Waals surface area contributed by atoms with Gasteiger partial charge in [-0.3, -0.25) is 9.89 Å². The summed E-state index contributed by atoms with van der Waals surface area (Å²) in [6, 6.07) is 6.94. The minimum Gasteiger partial charge on any atom is -0.379 e. The van der Waals surface area contributed by atoms with Crippen molar-refractivity contribution >= 4 is 5.96 Å². The molecule has 152 valence electrons. The van der Waals surface area contributed by atoms with Crippen molar-refractivity contribution in [3.63, 3.8) is 0 Å². The van der Waals surface area contributed by atoms with Gasteiger partial charge in [0.2, 0.25) is 0 Å². The van der Waals surface area contributed by atoms with E-state index in [1.807, 2.05) is 12.1 Å². The van der Waals surface area contributed by atoms with Crippen molar-refractivity contribution in [1.82, 2.24) is 20.4 Å². The summed E-state index contributed by atoms with van der Waals surface area (Å²) in [7, 11) is 1.79. The van der Waals surface area contributed by atoms with Gasteiger partial charge in [0.1, 0.15) is 5.82 Å². The van der Waals surface area contributed by atoms with Crippen LogP contribution >= 0.6 is 0 Å². The first-order valence-electron chi connectivity index (χ1n) is 9.92. The van der Waals surface area contributed by atoms with Gasteiger partial charge in [-0.1, -0.05) is 26.0 Å². The van der Waals surface area contributed by atoms with Crippen LogP contribution in [-0.2, 0) is 4.74 Å². The summed E-state index contributed by atoms with van der Waals surface area (Å²) < 4.78 is 18.8. The third kappa shape index (κ3) is 7.08. The van der Waals surface area contributed by atoms with Gasteiger partial charge in [0.05, 0.1) is 19.3 Å². The maximum absolute atomic E-state index is 13.3. The van der Waals surface area contributed by atoms with E-state index < -0.39 is 0 Å². The van der Waals surface area contributed by atoms with E-state index in [1.165, 1.54) is 12.1 Å². The molecule has 1 saturated heterocycles. The summed E-state index contributed by atoms with van der Waals surface area (Å²) in [5.41, 5.74) is 1.10. The quantitative estimate of drug-likeness (QED) is 0.505. The summed E-state index contributed by atoms with van der Waals surface area (Å²) in [5, 5.41) is 6.82. The summed E-state index contributed by atoms with van der Waals surface area (Å²) in [6.07, 6.45) is 0. The van der Waals surface area contributed by atoms with Crippen LogP contribution in [-0.4, -0.2) is 81.8 Å². The third-order valence-corrected chi connectivity index (χ3v) is 5.04. The maximum atomic E-state index is 13.3. The molecule has 2 N–H and O–H groups in total. The number of hydrogen-bond donors (Lipinski definition) is 2. The smallest absolute Gasteiger partial charge is 0.191 e. The van der Waals surface area contributed by atoms with E-state index >= 15 is 0 Å². The van der Waals surface area contributed by atoms with Crippen molar-refractivity contribution in [1.29, 1.82) is 0 Å². The number of nitrogens with one attached hydrogen (secondary N) is 2. The fraction of sp³-hybridized carbons (Fsp3) is 0.650. The average Bonchev–Trinajstić information content (AvgIpc) is 2.72. The lowest BCUT2D eigenvalue weighted by molar-refractivity contribution is 0.0170. The van der Waals surface area contributed by atoms with Gasteiger partial charge in [-0.05, 0) is 30.8 Å². The number of aliphatic imine (C=N–C) groups is 1. The average molecular weight is 380 g/mol. The predicted molar refractivity (Wildman–Crippen MR) is 109 cm³/mol. The van der Waals surface area contributed by atoms with Crippen LogP contribution in [0.2, 0.25) is 0 Å². The molecular formula is C20H34FN5O. The monoisotopic (exact) mass is 379 g/mol. The Morgan fingerprint density at radius 1 is 1.19 bits per heavy atom. The van der Waals surface area contributed by atoms with E-state index in [9.17, 15) is 4.39 Å². The number of guanidine groups is 1. The molecule has 6 nitrogen and oxygen atoms in total. The van der Waals surface area contributed by atoms with E-state index in [0.29, 0.717) is 6.54 Å². The highest BCUT2D eigenvalue weighted by atomic mass is 19.1. The number of ether oxygens (including phenoxy) is 1. The second kappa shape index (κ2) is 11.9. The first kappa shape index (κ1) is 21.6. The summed E-state index contributed by atoms with van der Waals surface area (Å²) >= 11 is 0. The van der Waals surface area contributed by atoms with E-state index in [1.54, 1.807) is 7.05 Å². The van der Waals surface area contributed by atoms with Crippen molar-refractivity contribution in [2.45, 2.75) is 19.9 Å². The molecule has 7 heteroatoms. The molecule has 1 fully saturated rings. The minimum atomic E-state index is -0.207. The van der Waals surface area contributed by atoms with Crippen LogP contribution in [0.5, 0.6) is 0 Å². The Morgan fingerprint density at radius 2 is 1.85 bits per heavy atom. The summed E-state index contributed by atoms with van der Waals surface area (Å²) in [4.78, 5) is 9.09. The molecule has 1 unspecified atom stereocenters. The Labute approximate surface area is 162 Å². The van der Waals surface area contributed by atoms with Gasteiger partial charge in [0, 0.05) is 39.8 Å². The van der Waals surface area contributed by atoms with Gasteiger partial charge in [-0.2, -0.15) is 0 Å². The largest absolute Gasteiger partial charge is 0.379 e. The van der Waals surface area contributed by atoms with Crippen molar-refractivity contribution in [3.8, 4) is 0 Å². The van der Waals surface area contributed by atoms with Crippen LogP contribution in [0.4, 0.5) is 4.39 Å². The zero-order valence-electron chi connectivity index (χ0n) is 16.9. The molecule has 0 aromatic heterocycles. The van der Waals surface area contributed by atoms with E-state index in [2.05, 4.69) is 39.3 Å². The lowest BCUT2D eigenvalue weighted by Crippen LogP contribution is -2.47. The van der Waals surface area contributed by atoms with Gasteiger partial charge in [0.15, 0.2) is 5.96 Å². The molecular weight excluding hydrogens is 345 g/mol. The fourth-order valence-corrected chi connectivity index (χ4v) is 3.32. The van der Waals surface area contributed by atoms with Crippen LogP contribution in [0.25, 0.3) is 0 Å². The standard InChI is InChI=1S/C20H34FN5O/c1-4-25(5-2)11-10-23-20(22-3)24-16-19(26-12-14-27-15-13-26)17-6-8-18(21)9-7-17/h6-9,19H,4-5,10-16H2,1-3H3,(H2,22,23,24). The number of likely N-dealkylation sites (N-methyl/N-ethyl adjacent to an activating group) is 1. The maximum Gasteiger partial charge on any atom is 0.191 e. The van der Waals surface area contributed by atoms with Gasteiger partial charge in [-0.15, -0.1) is 0 Å². The zero-order chi connectivity index (χ0) is 19.5. The molecule has 1 atom stereocenters. The van der Waals surface area contributed by atoms with E-state index in [0.717, 1.165) is 64.0 Å². The molecule has 0 amide bonds. The molecule has 1 heterocycles. The molecule has 0 aliphatic carbocycles. The van der Waals surface area contributed by atoms with Gasteiger partial charge in [-0.25, -0.2) is 4.39 Å². The number of rotatable bonds is 9. The number of morpholine rings is 1. The molecule has 1 aromatic carbocycles. The van der Waals surface area contributed by atoms with Crippen LogP contribution in [0.1, 0.15) is 25.5 Å². The fourth-order valence-electron chi connectivity index (χ4n) is 3.32. The molecule has 1 aliphatic rings. The van der Waals surface area contributed by atoms with E-state index in [-0.39, 0.29) is 11.9 Å². The predicted octanol–water partition coefficient (Wildman–Crippen LogP) is 1.71. The highest BCUT2D eigenvalue weighted by molar-refractivity contribution is 5.79. The molecule has 2 rings (SSSR count). The highest BCUT2D eigenvalue weighted by Crippen LogP contribution is 2.21. The molecule has 0 spiro atoms. The topological polar surface area (TPSA) is 52.1 Å². The number of nitrogens with zero attached hydrogens (tertiary/aromatic N) is 3. The molecule has 27 heavy (non-hydrogen) atoms. The van der Waals surface area contributed by atoms with Crippen LogP contribution in [0, 0.1) is 5.82 Å². The molecule has 0 radical (unpaired) electrons. The molecule has 1 aliphatic heterocycles. The molecule has 0 bridgehead atoms. The Kier molecular flexibility index (Phi) is 9.52. The summed E-state index contributed by atoms with van der Waals surface area (Å²) in [6.45, 7) is 12.2. The number of halogens is 1. The van der Waals surface area contributed by atoms with Gasteiger partial charge >= 0.3 is 0 Å². The normalized spacial score (nSPS) is 17.1. The number of hydrogen-bond acceptors (Lipinski definition) is 4. The van der Waals surface area contributed by atoms with Crippen molar-refractivity contribution < 1.29 is 9.13 Å². The highest BCUT2D eigenvalue weighted by Gasteiger charge is 2.23. The number of benzene rings is 1. The SMILES string of the molecule is CCN(CC)CCNC(=NC)NCC(c1ccc(F)cc1)N1CCOCC1. The van der Waals surface area contributed by atoms with Crippen molar-refractivity contribution in [2.24, 2.45) is 4.99 Å². The first-order chi connectivity index (χ1) is 13.2.